The Morgan fingerprint density at radius 1 is 1.39 bits per heavy atom. The van der Waals surface area contributed by atoms with Crippen molar-refractivity contribution >= 4 is 28.3 Å². The molecule has 2 nitrogen and oxygen atoms in total. The molecule has 1 aromatic rings. The summed E-state index contributed by atoms with van der Waals surface area (Å²) in [5.41, 5.74) is 6.52. The number of benzene rings is 1. The maximum Gasteiger partial charge on any atom is 0.128 e. The number of nitrogens with zero attached hydrogens (tertiary/aromatic N) is 1. The third-order valence-electron chi connectivity index (χ3n) is 3.41. The SMILES string of the molecule is Cl.NCC1CCCCN1Cc1ccc(Br)cc1F. The number of hydrogen-bond acceptors (Lipinski definition) is 2. The average molecular weight is 338 g/mol. The molecule has 0 aromatic heterocycles. The molecule has 102 valence electrons. The van der Waals surface area contributed by atoms with Gasteiger partial charge in [-0.05, 0) is 31.5 Å². The summed E-state index contributed by atoms with van der Waals surface area (Å²) in [7, 11) is 0. The fraction of sp³-hybridized carbons (Fsp3) is 0.538. The molecule has 0 spiro atoms. The van der Waals surface area contributed by atoms with Crippen LogP contribution in [-0.4, -0.2) is 24.0 Å². The van der Waals surface area contributed by atoms with Crippen molar-refractivity contribution in [1.82, 2.24) is 4.90 Å². The van der Waals surface area contributed by atoms with Crippen LogP contribution in [0.25, 0.3) is 0 Å². The zero-order valence-corrected chi connectivity index (χ0v) is 12.6. The van der Waals surface area contributed by atoms with Gasteiger partial charge in [0.05, 0.1) is 0 Å². The molecule has 1 unspecified atom stereocenters. The van der Waals surface area contributed by atoms with Crippen LogP contribution in [0.5, 0.6) is 0 Å². The summed E-state index contributed by atoms with van der Waals surface area (Å²) in [5, 5.41) is 0. The largest absolute Gasteiger partial charge is 0.329 e. The molecule has 2 rings (SSSR count). The van der Waals surface area contributed by atoms with E-state index >= 15 is 0 Å². The summed E-state index contributed by atoms with van der Waals surface area (Å²) < 4.78 is 14.5. The van der Waals surface area contributed by atoms with Crippen molar-refractivity contribution in [2.24, 2.45) is 5.73 Å². The van der Waals surface area contributed by atoms with Crippen LogP contribution in [0.1, 0.15) is 24.8 Å². The van der Waals surface area contributed by atoms with Gasteiger partial charge < -0.3 is 5.73 Å². The molecule has 1 aliphatic rings. The summed E-state index contributed by atoms with van der Waals surface area (Å²) in [5.74, 6) is -0.138. The first-order valence-corrected chi connectivity index (χ1v) is 6.88. The predicted octanol–water partition coefficient (Wildman–Crippen LogP) is 3.32. The van der Waals surface area contributed by atoms with Crippen molar-refractivity contribution in [1.29, 1.82) is 0 Å². The number of nitrogens with two attached hydrogens (primary N) is 1. The molecular weight excluding hydrogens is 319 g/mol. The first-order chi connectivity index (χ1) is 8.20. The van der Waals surface area contributed by atoms with Gasteiger partial charge >= 0.3 is 0 Å². The average Bonchev–Trinajstić information content (AvgIpc) is 2.33. The molecule has 0 saturated carbocycles. The van der Waals surface area contributed by atoms with Gasteiger partial charge in [-0.3, -0.25) is 4.90 Å². The minimum absolute atomic E-state index is 0. The standard InChI is InChI=1S/C13H18BrFN2.ClH/c14-11-5-4-10(13(15)7-11)9-17-6-2-1-3-12(17)8-16;/h4-5,7,12H,1-3,6,8-9,16H2;1H. The first kappa shape index (κ1) is 15.9. The molecule has 1 heterocycles. The first-order valence-electron chi connectivity index (χ1n) is 6.08. The van der Waals surface area contributed by atoms with Gasteiger partial charge in [-0.25, -0.2) is 4.39 Å². The number of hydrogen-bond donors (Lipinski definition) is 1. The summed E-state index contributed by atoms with van der Waals surface area (Å²) in [4.78, 5) is 2.30. The third-order valence-corrected chi connectivity index (χ3v) is 3.90. The van der Waals surface area contributed by atoms with E-state index in [0.29, 0.717) is 19.1 Å². The maximum absolute atomic E-state index is 13.7. The predicted molar refractivity (Wildman–Crippen MR) is 78.5 cm³/mol. The number of likely N-dealkylation sites (tertiary alicyclic amines) is 1. The van der Waals surface area contributed by atoms with Crippen LogP contribution in [0.2, 0.25) is 0 Å². The third kappa shape index (κ3) is 3.92. The summed E-state index contributed by atoms with van der Waals surface area (Å²) >= 11 is 3.27. The second-order valence-corrected chi connectivity index (χ2v) is 5.51. The van der Waals surface area contributed by atoms with Crippen molar-refractivity contribution in [3.8, 4) is 0 Å². The van der Waals surface area contributed by atoms with E-state index in [2.05, 4.69) is 20.8 Å². The van der Waals surface area contributed by atoms with E-state index in [1.165, 1.54) is 18.9 Å². The molecule has 0 radical (unpaired) electrons. The Hall–Kier alpha value is -0.160. The molecule has 0 bridgehead atoms. The molecule has 1 saturated heterocycles. The van der Waals surface area contributed by atoms with Crippen molar-refractivity contribution in [2.75, 3.05) is 13.1 Å². The van der Waals surface area contributed by atoms with Gasteiger partial charge in [0.25, 0.3) is 0 Å². The van der Waals surface area contributed by atoms with Crippen molar-refractivity contribution < 1.29 is 4.39 Å². The highest BCUT2D eigenvalue weighted by atomic mass is 79.9. The molecule has 5 heteroatoms. The van der Waals surface area contributed by atoms with E-state index < -0.39 is 0 Å². The molecule has 1 fully saturated rings. The van der Waals surface area contributed by atoms with Crippen LogP contribution in [0.4, 0.5) is 4.39 Å². The number of piperidine rings is 1. The Bertz CT molecular complexity index is 389. The van der Waals surface area contributed by atoms with Crippen molar-refractivity contribution in [3.63, 3.8) is 0 Å². The van der Waals surface area contributed by atoms with Gasteiger partial charge in [-0.2, -0.15) is 0 Å². The fourth-order valence-electron chi connectivity index (χ4n) is 2.40. The van der Waals surface area contributed by atoms with Crippen LogP contribution in [0.15, 0.2) is 22.7 Å². The maximum atomic E-state index is 13.7. The Kier molecular flexibility index (Phi) is 6.57. The van der Waals surface area contributed by atoms with Crippen LogP contribution < -0.4 is 5.73 Å². The van der Waals surface area contributed by atoms with E-state index in [9.17, 15) is 4.39 Å². The van der Waals surface area contributed by atoms with Crippen LogP contribution in [0.3, 0.4) is 0 Å². The van der Waals surface area contributed by atoms with E-state index in [0.717, 1.165) is 23.0 Å². The second-order valence-electron chi connectivity index (χ2n) is 4.59. The lowest BCUT2D eigenvalue weighted by atomic mass is 10.0. The molecule has 0 aliphatic carbocycles. The Balaban J connectivity index is 0.00000162. The molecule has 18 heavy (non-hydrogen) atoms. The molecule has 0 amide bonds. The molecule has 1 aliphatic heterocycles. The highest BCUT2D eigenvalue weighted by molar-refractivity contribution is 9.10. The monoisotopic (exact) mass is 336 g/mol. The quantitative estimate of drug-likeness (QED) is 0.917. The zero-order chi connectivity index (χ0) is 12.3. The molecule has 1 aromatic carbocycles. The normalized spacial score (nSPS) is 20.5. The second kappa shape index (κ2) is 7.43. The lowest BCUT2D eigenvalue weighted by molar-refractivity contribution is 0.143. The van der Waals surface area contributed by atoms with Gasteiger partial charge in [0.1, 0.15) is 5.82 Å². The topological polar surface area (TPSA) is 29.3 Å². The molecule has 1 atom stereocenters. The molecule has 2 N–H and O–H groups in total. The zero-order valence-electron chi connectivity index (χ0n) is 10.2. The van der Waals surface area contributed by atoms with Gasteiger partial charge in [-0.15, -0.1) is 12.4 Å². The van der Waals surface area contributed by atoms with E-state index in [4.69, 9.17) is 5.73 Å². The van der Waals surface area contributed by atoms with Gasteiger partial charge in [0, 0.05) is 29.2 Å². The van der Waals surface area contributed by atoms with Gasteiger partial charge in [0.2, 0.25) is 0 Å². The number of rotatable bonds is 3. The summed E-state index contributed by atoms with van der Waals surface area (Å²) in [6.07, 6.45) is 3.56. The lowest BCUT2D eigenvalue weighted by Crippen LogP contribution is -2.43. The Morgan fingerprint density at radius 3 is 2.83 bits per heavy atom. The minimum atomic E-state index is -0.138. The number of halogens is 3. The van der Waals surface area contributed by atoms with Crippen molar-refractivity contribution in [2.45, 2.75) is 31.8 Å². The Labute approximate surface area is 122 Å². The lowest BCUT2D eigenvalue weighted by Gasteiger charge is -2.35. The van der Waals surface area contributed by atoms with E-state index in [-0.39, 0.29) is 18.2 Å². The summed E-state index contributed by atoms with van der Waals surface area (Å²) in [6, 6.07) is 5.67. The van der Waals surface area contributed by atoms with Crippen molar-refractivity contribution in [3.05, 3.63) is 34.1 Å². The van der Waals surface area contributed by atoms with E-state index in [1.807, 2.05) is 12.1 Å². The highest BCUT2D eigenvalue weighted by Crippen LogP contribution is 2.21. The van der Waals surface area contributed by atoms with E-state index in [1.54, 1.807) is 0 Å². The fourth-order valence-corrected chi connectivity index (χ4v) is 2.74. The van der Waals surface area contributed by atoms with Gasteiger partial charge in [0.15, 0.2) is 0 Å². The summed E-state index contributed by atoms with van der Waals surface area (Å²) in [6.45, 7) is 2.36. The highest BCUT2D eigenvalue weighted by Gasteiger charge is 2.21. The smallest absolute Gasteiger partial charge is 0.128 e. The van der Waals surface area contributed by atoms with Crippen LogP contribution in [-0.2, 0) is 6.54 Å². The van der Waals surface area contributed by atoms with Gasteiger partial charge in [-0.1, -0.05) is 28.4 Å². The Morgan fingerprint density at radius 2 is 2.17 bits per heavy atom. The van der Waals surface area contributed by atoms with Crippen LogP contribution >= 0.6 is 28.3 Å². The molecular formula is C13H19BrClFN2. The minimum Gasteiger partial charge on any atom is -0.329 e. The van der Waals surface area contributed by atoms with Crippen LogP contribution in [0, 0.1) is 5.82 Å².